The summed E-state index contributed by atoms with van der Waals surface area (Å²) in [6.45, 7) is 0. The molecule has 0 fully saturated rings. The van der Waals surface area contributed by atoms with Crippen LogP contribution in [0.15, 0.2) is 206 Å². The van der Waals surface area contributed by atoms with Gasteiger partial charge in [-0.15, -0.1) is 0 Å². The molecule has 0 aliphatic carbocycles. The fraction of sp³-hybridized carbons (Fsp3) is 0. The van der Waals surface area contributed by atoms with Gasteiger partial charge in [0.15, 0.2) is 5.82 Å². The lowest BCUT2D eigenvalue weighted by Crippen LogP contribution is -2.02. The van der Waals surface area contributed by atoms with Gasteiger partial charge in [0.25, 0.3) is 0 Å². The molecule has 0 aliphatic rings. The molecule has 0 aliphatic heterocycles. The highest BCUT2D eigenvalue weighted by Crippen LogP contribution is 2.42. The van der Waals surface area contributed by atoms with Crippen molar-refractivity contribution in [2.24, 2.45) is 0 Å². The molecular formula is C52H34N4. The summed E-state index contributed by atoms with van der Waals surface area (Å²) in [5, 5.41) is 4.84. The molecule has 0 bridgehead atoms. The zero-order valence-corrected chi connectivity index (χ0v) is 30.4. The second-order valence-corrected chi connectivity index (χ2v) is 14.2. The van der Waals surface area contributed by atoms with Crippen LogP contribution in [0.25, 0.3) is 100 Å². The summed E-state index contributed by atoms with van der Waals surface area (Å²) in [5.41, 5.74) is 13.3. The Morgan fingerprint density at radius 3 is 1.30 bits per heavy atom. The first-order valence-corrected chi connectivity index (χ1v) is 19.0. The largest absolute Gasteiger partial charge is 0.309 e. The molecule has 4 heteroatoms. The lowest BCUT2D eigenvalue weighted by molar-refractivity contribution is 1.05. The third-order valence-corrected chi connectivity index (χ3v) is 11.0. The second-order valence-electron chi connectivity index (χ2n) is 14.2. The van der Waals surface area contributed by atoms with Crippen LogP contribution in [0.5, 0.6) is 0 Å². The molecule has 0 spiro atoms. The maximum absolute atomic E-state index is 5.35. The van der Waals surface area contributed by atoms with E-state index in [-0.39, 0.29) is 0 Å². The molecule has 0 N–H and O–H groups in total. The van der Waals surface area contributed by atoms with Crippen LogP contribution >= 0.6 is 0 Å². The van der Waals surface area contributed by atoms with Gasteiger partial charge in [-0.1, -0.05) is 164 Å². The highest BCUT2D eigenvalue weighted by molar-refractivity contribution is 6.28. The Morgan fingerprint density at radius 2 is 0.732 bits per heavy atom. The van der Waals surface area contributed by atoms with Crippen molar-refractivity contribution in [2.75, 3.05) is 0 Å². The lowest BCUT2D eigenvalue weighted by Gasteiger charge is -2.13. The van der Waals surface area contributed by atoms with Crippen molar-refractivity contribution in [2.45, 2.75) is 0 Å². The number of fused-ring (bicyclic) bond motifs is 7. The van der Waals surface area contributed by atoms with Crippen LogP contribution in [-0.2, 0) is 0 Å². The molecule has 56 heavy (non-hydrogen) atoms. The highest BCUT2D eigenvalue weighted by Gasteiger charge is 2.22. The fourth-order valence-corrected chi connectivity index (χ4v) is 8.35. The van der Waals surface area contributed by atoms with E-state index in [1.165, 1.54) is 49.3 Å². The average molecular weight is 715 g/mol. The van der Waals surface area contributed by atoms with E-state index in [4.69, 9.17) is 9.97 Å². The molecule has 0 saturated carbocycles. The van der Waals surface area contributed by atoms with Crippen molar-refractivity contribution < 1.29 is 0 Å². The molecular weight excluding hydrogens is 681 g/mol. The van der Waals surface area contributed by atoms with Crippen molar-refractivity contribution in [1.82, 2.24) is 19.1 Å². The first kappa shape index (κ1) is 31.9. The molecule has 0 unspecified atom stereocenters. The number of hydrogen-bond acceptors (Lipinski definition) is 2. The van der Waals surface area contributed by atoms with E-state index in [1.807, 2.05) is 12.1 Å². The zero-order chi connectivity index (χ0) is 37.0. The summed E-state index contributed by atoms with van der Waals surface area (Å²) in [7, 11) is 0. The molecule has 0 atom stereocenters. The molecule has 0 radical (unpaired) electrons. The Morgan fingerprint density at radius 1 is 0.304 bits per heavy atom. The predicted octanol–water partition coefficient (Wildman–Crippen LogP) is 13.3. The standard InChI is InChI=1S/C52H34N4/c1-4-14-35(15-5-1)37-24-26-40(27-25-37)52-53-44(39-18-8-3-9-19-39)34-49(54-52)56-46-23-13-11-21-43(46)51-48(56)33-32-47-50(51)42-20-10-12-22-45(42)55(47)41-30-28-38(29-31-41)36-16-6-2-7-17-36/h1-34H. The van der Waals surface area contributed by atoms with Gasteiger partial charge in [-0.25, -0.2) is 9.97 Å². The lowest BCUT2D eigenvalue weighted by atomic mass is 10.0. The molecule has 3 heterocycles. The number of nitrogens with zero attached hydrogens (tertiary/aromatic N) is 4. The van der Waals surface area contributed by atoms with Crippen LogP contribution in [0.2, 0.25) is 0 Å². The van der Waals surface area contributed by atoms with E-state index in [0.29, 0.717) is 5.82 Å². The summed E-state index contributed by atoms with van der Waals surface area (Å²) in [4.78, 5) is 10.5. The molecule has 4 nitrogen and oxygen atoms in total. The van der Waals surface area contributed by atoms with Gasteiger partial charge in [-0.2, -0.15) is 0 Å². The third kappa shape index (κ3) is 5.23. The van der Waals surface area contributed by atoms with Crippen molar-refractivity contribution in [3.8, 4) is 56.4 Å². The van der Waals surface area contributed by atoms with Crippen LogP contribution in [0.1, 0.15) is 0 Å². The van der Waals surface area contributed by atoms with Crippen LogP contribution in [0, 0.1) is 0 Å². The number of hydrogen-bond donors (Lipinski definition) is 0. The van der Waals surface area contributed by atoms with Crippen LogP contribution in [0.4, 0.5) is 0 Å². The Labute approximate surface area is 324 Å². The number of rotatable bonds is 6. The third-order valence-electron chi connectivity index (χ3n) is 11.0. The van der Waals surface area contributed by atoms with Gasteiger partial charge in [0, 0.05) is 44.4 Å². The fourth-order valence-electron chi connectivity index (χ4n) is 8.35. The van der Waals surface area contributed by atoms with E-state index >= 15 is 0 Å². The van der Waals surface area contributed by atoms with E-state index in [9.17, 15) is 0 Å². The van der Waals surface area contributed by atoms with Crippen molar-refractivity contribution in [3.63, 3.8) is 0 Å². The van der Waals surface area contributed by atoms with Gasteiger partial charge in [0.1, 0.15) is 5.82 Å². The van der Waals surface area contributed by atoms with Gasteiger partial charge < -0.3 is 4.57 Å². The topological polar surface area (TPSA) is 35.6 Å². The molecule has 11 aromatic rings. The van der Waals surface area contributed by atoms with Crippen molar-refractivity contribution in [3.05, 3.63) is 206 Å². The van der Waals surface area contributed by atoms with E-state index < -0.39 is 0 Å². The van der Waals surface area contributed by atoms with E-state index in [0.717, 1.165) is 44.9 Å². The summed E-state index contributed by atoms with van der Waals surface area (Å²) in [6.07, 6.45) is 0. The normalized spacial score (nSPS) is 11.6. The zero-order valence-electron chi connectivity index (χ0n) is 30.4. The Balaban J connectivity index is 1.14. The van der Waals surface area contributed by atoms with Gasteiger partial charge in [-0.3, -0.25) is 4.57 Å². The molecule has 262 valence electrons. The minimum Gasteiger partial charge on any atom is -0.309 e. The molecule has 0 amide bonds. The highest BCUT2D eigenvalue weighted by atomic mass is 15.1. The summed E-state index contributed by atoms with van der Waals surface area (Å²) in [6, 6.07) is 73.1. The van der Waals surface area contributed by atoms with Gasteiger partial charge in [0.05, 0.1) is 27.8 Å². The van der Waals surface area contributed by atoms with E-state index in [2.05, 4.69) is 203 Å². The van der Waals surface area contributed by atoms with Crippen LogP contribution in [0.3, 0.4) is 0 Å². The monoisotopic (exact) mass is 714 g/mol. The van der Waals surface area contributed by atoms with Crippen molar-refractivity contribution in [1.29, 1.82) is 0 Å². The average Bonchev–Trinajstić information content (AvgIpc) is 3.80. The number of benzene rings is 8. The van der Waals surface area contributed by atoms with Crippen LogP contribution in [-0.4, -0.2) is 19.1 Å². The van der Waals surface area contributed by atoms with Gasteiger partial charge in [-0.05, 0) is 58.7 Å². The van der Waals surface area contributed by atoms with Gasteiger partial charge >= 0.3 is 0 Å². The Hall–Kier alpha value is -7.56. The van der Waals surface area contributed by atoms with Crippen LogP contribution < -0.4 is 0 Å². The maximum atomic E-state index is 5.35. The molecule has 3 aromatic heterocycles. The molecule has 0 saturated heterocycles. The first-order chi connectivity index (χ1) is 27.8. The maximum Gasteiger partial charge on any atom is 0.162 e. The summed E-state index contributed by atoms with van der Waals surface area (Å²) >= 11 is 0. The quantitative estimate of drug-likeness (QED) is 0.172. The number of aromatic nitrogens is 4. The smallest absolute Gasteiger partial charge is 0.162 e. The Bertz CT molecular complexity index is 3200. The molecule has 11 rings (SSSR count). The minimum atomic E-state index is 0.684. The summed E-state index contributed by atoms with van der Waals surface area (Å²) < 4.78 is 4.72. The van der Waals surface area contributed by atoms with Gasteiger partial charge in [0.2, 0.25) is 0 Å². The van der Waals surface area contributed by atoms with E-state index in [1.54, 1.807) is 0 Å². The molecule has 8 aromatic carbocycles. The number of para-hydroxylation sites is 2. The predicted molar refractivity (Wildman–Crippen MR) is 232 cm³/mol. The minimum absolute atomic E-state index is 0.684. The second kappa shape index (κ2) is 13.1. The Kier molecular flexibility index (Phi) is 7.46. The SMILES string of the molecule is c1ccc(-c2ccc(-c3nc(-c4ccccc4)cc(-n4c5ccccc5c5c6c7ccccc7n(-c7ccc(-c8ccccc8)cc7)c6ccc54)n3)cc2)cc1. The van der Waals surface area contributed by atoms with Crippen molar-refractivity contribution >= 4 is 43.6 Å². The first-order valence-electron chi connectivity index (χ1n) is 19.0. The summed E-state index contributed by atoms with van der Waals surface area (Å²) in [5.74, 6) is 1.51.